The van der Waals surface area contributed by atoms with Crippen LogP contribution in [-0.2, 0) is 4.79 Å². The second kappa shape index (κ2) is 6.39. The molecule has 2 saturated carbocycles. The molecule has 0 aromatic carbocycles. The minimum Gasteiger partial charge on any atom is -0.356 e. The van der Waals surface area contributed by atoms with Crippen LogP contribution in [0.5, 0.6) is 0 Å². The Hall–Kier alpha value is -0.570. The van der Waals surface area contributed by atoms with Crippen molar-refractivity contribution in [3.05, 3.63) is 0 Å². The van der Waals surface area contributed by atoms with Crippen molar-refractivity contribution in [2.24, 2.45) is 17.6 Å². The summed E-state index contributed by atoms with van der Waals surface area (Å²) >= 11 is 0. The summed E-state index contributed by atoms with van der Waals surface area (Å²) in [5.41, 5.74) is 5.94. The van der Waals surface area contributed by atoms with Crippen molar-refractivity contribution in [3.8, 4) is 0 Å². The van der Waals surface area contributed by atoms with E-state index in [9.17, 15) is 4.79 Å². The van der Waals surface area contributed by atoms with Crippen LogP contribution in [0.15, 0.2) is 0 Å². The normalized spacial score (nSPS) is 38.6. The molecule has 0 unspecified atom stereocenters. The summed E-state index contributed by atoms with van der Waals surface area (Å²) < 4.78 is 0. The average Bonchev–Trinajstić information content (AvgIpc) is 2.35. The van der Waals surface area contributed by atoms with Gasteiger partial charge in [-0.15, -0.1) is 0 Å². The van der Waals surface area contributed by atoms with E-state index in [-0.39, 0.29) is 0 Å². The van der Waals surface area contributed by atoms with Crippen molar-refractivity contribution in [2.45, 2.75) is 69.9 Å². The van der Waals surface area contributed by atoms with Crippen LogP contribution in [0, 0.1) is 11.8 Å². The number of nitrogens with two attached hydrogens (primary N) is 1. The fourth-order valence-corrected chi connectivity index (χ4v) is 3.56. The van der Waals surface area contributed by atoms with Crippen molar-refractivity contribution < 1.29 is 4.79 Å². The van der Waals surface area contributed by atoms with Gasteiger partial charge in [-0.2, -0.15) is 0 Å². The van der Waals surface area contributed by atoms with Gasteiger partial charge in [0.2, 0.25) is 6.41 Å². The summed E-state index contributed by atoms with van der Waals surface area (Å²) in [6, 6.07) is 0.919. The molecule has 2 aliphatic rings. The Morgan fingerprint density at radius 1 is 0.941 bits per heavy atom. The van der Waals surface area contributed by atoms with Crippen LogP contribution in [0.25, 0.3) is 0 Å². The average molecular weight is 238 g/mol. The second-order valence-corrected chi connectivity index (χ2v) is 6.02. The molecule has 0 aromatic heterocycles. The number of hydrogen-bond acceptors (Lipinski definition) is 2. The van der Waals surface area contributed by atoms with Crippen molar-refractivity contribution in [2.75, 3.05) is 0 Å². The van der Waals surface area contributed by atoms with E-state index >= 15 is 0 Å². The van der Waals surface area contributed by atoms with Gasteiger partial charge in [0, 0.05) is 12.1 Å². The number of carbonyl (C=O) groups excluding carboxylic acids is 1. The third kappa shape index (κ3) is 3.98. The third-order valence-electron chi connectivity index (χ3n) is 4.71. The van der Waals surface area contributed by atoms with Crippen LogP contribution in [0.4, 0.5) is 0 Å². The monoisotopic (exact) mass is 238 g/mol. The molecule has 3 nitrogen and oxygen atoms in total. The van der Waals surface area contributed by atoms with Gasteiger partial charge in [-0.1, -0.05) is 0 Å². The van der Waals surface area contributed by atoms with Gasteiger partial charge in [0.1, 0.15) is 0 Å². The lowest BCUT2D eigenvalue weighted by molar-refractivity contribution is -0.110. The molecule has 0 atom stereocenters. The molecular weight excluding hydrogens is 212 g/mol. The number of nitrogens with one attached hydrogen (secondary N) is 1. The summed E-state index contributed by atoms with van der Waals surface area (Å²) in [4.78, 5) is 10.4. The number of carbonyl (C=O) groups is 1. The summed E-state index contributed by atoms with van der Waals surface area (Å²) in [6.07, 6.45) is 12.3. The van der Waals surface area contributed by atoms with Crippen LogP contribution in [0.2, 0.25) is 0 Å². The van der Waals surface area contributed by atoms with E-state index in [1.54, 1.807) is 0 Å². The van der Waals surface area contributed by atoms with Gasteiger partial charge >= 0.3 is 0 Å². The van der Waals surface area contributed by atoms with Gasteiger partial charge < -0.3 is 11.1 Å². The van der Waals surface area contributed by atoms with Crippen LogP contribution in [-0.4, -0.2) is 18.5 Å². The molecule has 98 valence electrons. The zero-order chi connectivity index (χ0) is 12.1. The third-order valence-corrected chi connectivity index (χ3v) is 4.71. The maximum absolute atomic E-state index is 10.4. The molecule has 0 spiro atoms. The lowest BCUT2D eigenvalue weighted by atomic mass is 9.76. The Kier molecular flexibility index (Phi) is 4.84. The summed E-state index contributed by atoms with van der Waals surface area (Å²) in [5.74, 6) is 1.83. The quantitative estimate of drug-likeness (QED) is 0.738. The van der Waals surface area contributed by atoms with Crippen molar-refractivity contribution >= 4 is 6.41 Å². The molecule has 2 rings (SSSR count). The molecule has 0 heterocycles. The summed E-state index contributed by atoms with van der Waals surface area (Å²) in [7, 11) is 0. The summed E-state index contributed by atoms with van der Waals surface area (Å²) in [5, 5.41) is 2.92. The Morgan fingerprint density at radius 3 is 2.00 bits per heavy atom. The zero-order valence-electron chi connectivity index (χ0n) is 10.7. The molecule has 0 radical (unpaired) electrons. The minimum atomic E-state index is 0.448. The summed E-state index contributed by atoms with van der Waals surface area (Å²) in [6.45, 7) is 0. The van der Waals surface area contributed by atoms with E-state index in [4.69, 9.17) is 5.73 Å². The SMILES string of the molecule is NC1CCC(CC2CCC(NC=O)CC2)CC1. The van der Waals surface area contributed by atoms with Crippen LogP contribution < -0.4 is 11.1 Å². The fraction of sp³-hybridized carbons (Fsp3) is 0.929. The molecule has 3 N–H and O–H groups in total. The van der Waals surface area contributed by atoms with Gasteiger partial charge in [0.15, 0.2) is 0 Å². The van der Waals surface area contributed by atoms with Gasteiger partial charge in [-0.05, 0) is 69.6 Å². The Labute approximate surface area is 105 Å². The minimum absolute atomic E-state index is 0.448. The van der Waals surface area contributed by atoms with Gasteiger partial charge in [-0.25, -0.2) is 0 Å². The van der Waals surface area contributed by atoms with Crippen LogP contribution in [0.3, 0.4) is 0 Å². The highest BCUT2D eigenvalue weighted by Crippen LogP contribution is 2.34. The first kappa shape index (κ1) is 12.9. The fourth-order valence-electron chi connectivity index (χ4n) is 3.56. The Morgan fingerprint density at radius 2 is 1.47 bits per heavy atom. The largest absolute Gasteiger partial charge is 0.356 e. The van der Waals surface area contributed by atoms with E-state index in [1.165, 1.54) is 57.8 Å². The molecule has 2 aliphatic carbocycles. The van der Waals surface area contributed by atoms with Crippen LogP contribution >= 0.6 is 0 Å². The molecule has 3 heteroatoms. The van der Waals surface area contributed by atoms with Crippen molar-refractivity contribution in [3.63, 3.8) is 0 Å². The maximum Gasteiger partial charge on any atom is 0.207 e. The van der Waals surface area contributed by atoms with Crippen molar-refractivity contribution in [1.82, 2.24) is 5.32 Å². The smallest absolute Gasteiger partial charge is 0.207 e. The predicted molar refractivity (Wildman–Crippen MR) is 69.5 cm³/mol. The standard InChI is InChI=1S/C14H26N2O/c15-13-5-1-11(2-6-13)9-12-3-7-14(8-4-12)16-10-17/h10-14H,1-9,15H2,(H,16,17). The second-order valence-electron chi connectivity index (χ2n) is 6.02. The van der Waals surface area contributed by atoms with Gasteiger partial charge in [0.05, 0.1) is 0 Å². The van der Waals surface area contributed by atoms with E-state index < -0.39 is 0 Å². The first-order valence-corrected chi connectivity index (χ1v) is 7.23. The van der Waals surface area contributed by atoms with E-state index in [0.29, 0.717) is 12.1 Å². The molecule has 2 fully saturated rings. The molecule has 0 aliphatic heterocycles. The molecule has 0 aromatic rings. The zero-order valence-corrected chi connectivity index (χ0v) is 10.7. The lowest BCUT2D eigenvalue weighted by Crippen LogP contribution is -2.33. The number of hydrogen-bond donors (Lipinski definition) is 2. The first-order chi connectivity index (χ1) is 8.28. The maximum atomic E-state index is 10.4. The van der Waals surface area contributed by atoms with Crippen LogP contribution in [0.1, 0.15) is 57.8 Å². The first-order valence-electron chi connectivity index (χ1n) is 7.23. The lowest BCUT2D eigenvalue weighted by Gasteiger charge is -2.33. The van der Waals surface area contributed by atoms with Gasteiger partial charge in [-0.3, -0.25) is 4.79 Å². The molecule has 17 heavy (non-hydrogen) atoms. The predicted octanol–water partition coefficient (Wildman–Crippen LogP) is 2.20. The number of rotatable bonds is 4. The Bertz CT molecular complexity index is 228. The molecule has 1 amide bonds. The number of amides is 1. The van der Waals surface area contributed by atoms with Gasteiger partial charge in [0.25, 0.3) is 0 Å². The highest BCUT2D eigenvalue weighted by molar-refractivity contribution is 5.46. The Balaban J connectivity index is 1.66. The highest BCUT2D eigenvalue weighted by atomic mass is 16.1. The molecule has 0 bridgehead atoms. The molecular formula is C14H26N2O. The topological polar surface area (TPSA) is 55.1 Å². The molecule has 0 saturated heterocycles. The van der Waals surface area contributed by atoms with Crippen molar-refractivity contribution in [1.29, 1.82) is 0 Å². The van der Waals surface area contributed by atoms with E-state index in [2.05, 4.69) is 5.32 Å². The van der Waals surface area contributed by atoms with E-state index in [1.807, 2.05) is 0 Å². The highest BCUT2D eigenvalue weighted by Gasteiger charge is 2.25. The van der Waals surface area contributed by atoms with E-state index in [0.717, 1.165) is 18.2 Å².